The molecule has 5 rings (SSSR count). The van der Waals surface area contributed by atoms with Gasteiger partial charge in [-0.3, -0.25) is 0 Å². The maximum Gasteiger partial charge on any atom is 2.00 e. The molecule has 5 heterocycles. The minimum Gasteiger partial charge on any atom is -0.355 e. The van der Waals surface area contributed by atoms with Crippen LogP contribution in [0.1, 0.15) is 126 Å². The molecular weight excluding hydrogens is 547 g/mol. The van der Waals surface area contributed by atoms with Crippen molar-refractivity contribution in [1.82, 2.24) is 19.9 Å². The smallest absolute Gasteiger partial charge is 0.355 e. The average Bonchev–Trinajstić information content (AvgIpc) is 3.67. The van der Waals surface area contributed by atoms with Gasteiger partial charge in [0.1, 0.15) is 0 Å². The van der Waals surface area contributed by atoms with Crippen molar-refractivity contribution in [3.63, 3.8) is 0 Å². The molecule has 218 valence electrons. The second kappa shape index (κ2) is 12.9. The van der Waals surface area contributed by atoms with Gasteiger partial charge in [-0.15, -0.1) is 0 Å². The molecule has 2 aliphatic heterocycles. The van der Waals surface area contributed by atoms with E-state index in [2.05, 4.69) is 89.6 Å². The largest absolute Gasteiger partial charge is 2.00 e. The second-order valence-electron chi connectivity index (χ2n) is 10.9. The molecule has 5 heteroatoms. The van der Waals surface area contributed by atoms with E-state index in [1.807, 2.05) is 0 Å². The van der Waals surface area contributed by atoms with E-state index >= 15 is 0 Å². The van der Waals surface area contributed by atoms with Gasteiger partial charge in [0.2, 0.25) is 0 Å². The summed E-state index contributed by atoms with van der Waals surface area (Å²) in [4.78, 5) is 18.2. The van der Waals surface area contributed by atoms with E-state index in [9.17, 15) is 0 Å². The number of fused-ring (bicyclic) bond motifs is 8. The zero-order valence-corrected chi connectivity index (χ0v) is 27.2. The summed E-state index contributed by atoms with van der Waals surface area (Å²) in [7, 11) is 0. The number of aryl methyl sites for hydroxylation is 4. The molecule has 0 radical (unpaired) electrons. The number of aromatic nitrogens is 4. The van der Waals surface area contributed by atoms with Gasteiger partial charge in [-0.05, 0) is 120 Å². The first-order valence-electron chi connectivity index (χ1n) is 15.7. The molecule has 0 spiro atoms. The van der Waals surface area contributed by atoms with Gasteiger partial charge in [0, 0.05) is 22.1 Å². The Bertz CT molecular complexity index is 1560. The zero-order valence-electron chi connectivity index (χ0n) is 26.2. The summed E-state index contributed by atoms with van der Waals surface area (Å²) in [5.74, 6) is 0. The minimum absolute atomic E-state index is 0. The van der Waals surface area contributed by atoms with Crippen molar-refractivity contribution < 1.29 is 16.5 Å². The Morgan fingerprint density at radius 1 is 0.390 bits per heavy atom. The summed E-state index contributed by atoms with van der Waals surface area (Å²) in [5.41, 5.74) is 20.2. The normalized spacial score (nSPS) is 13.3. The van der Waals surface area contributed by atoms with Gasteiger partial charge in [-0.1, -0.05) is 55.4 Å². The van der Waals surface area contributed by atoms with Gasteiger partial charge >= 0.3 is 16.5 Å². The number of hydrogen-bond acceptors (Lipinski definition) is 2. The fourth-order valence-electron chi connectivity index (χ4n) is 7.10. The standard InChI is InChI=1S/C36H46N4.Ni/c1-9-21-22(10-2)30-18-32-25(13-5)26(14-6)34(39-32)20-36-28(16-8)27(15-7)35(40-36)19-33-24(12-4)23(11-3)31(38-33)17-29(21)37-30;/h17-20,37-38H,9-16H2,1-8H3;/q;+2. The van der Waals surface area contributed by atoms with E-state index in [0.29, 0.717) is 0 Å². The number of nitrogens with one attached hydrogen (secondary N) is 2. The molecule has 2 aliphatic rings. The second-order valence-corrected chi connectivity index (χ2v) is 10.9. The Morgan fingerprint density at radius 3 is 0.927 bits per heavy atom. The zero-order chi connectivity index (χ0) is 28.6. The minimum atomic E-state index is 0. The van der Waals surface area contributed by atoms with Crippen LogP contribution >= 0.6 is 0 Å². The molecule has 41 heavy (non-hydrogen) atoms. The van der Waals surface area contributed by atoms with Crippen molar-refractivity contribution in [2.45, 2.75) is 107 Å². The van der Waals surface area contributed by atoms with Crippen LogP contribution in [-0.2, 0) is 42.2 Å². The Balaban J connectivity index is 0.00000387. The van der Waals surface area contributed by atoms with Crippen molar-refractivity contribution >= 4 is 44.4 Å². The third-order valence-electron chi connectivity index (χ3n) is 8.97. The summed E-state index contributed by atoms with van der Waals surface area (Å²) < 4.78 is 0. The van der Waals surface area contributed by atoms with Crippen LogP contribution in [0.15, 0.2) is 24.3 Å². The van der Waals surface area contributed by atoms with Crippen LogP contribution in [0.4, 0.5) is 0 Å². The molecule has 2 N–H and O–H groups in total. The van der Waals surface area contributed by atoms with E-state index < -0.39 is 0 Å². The first kappa shape index (κ1) is 31.0. The topological polar surface area (TPSA) is 57.4 Å². The van der Waals surface area contributed by atoms with Crippen LogP contribution in [0, 0.1) is 0 Å². The van der Waals surface area contributed by atoms with Gasteiger partial charge < -0.3 is 9.97 Å². The molecule has 0 saturated heterocycles. The van der Waals surface area contributed by atoms with Crippen molar-refractivity contribution in [2.75, 3.05) is 0 Å². The summed E-state index contributed by atoms with van der Waals surface area (Å²) >= 11 is 0. The van der Waals surface area contributed by atoms with Crippen LogP contribution in [0.2, 0.25) is 0 Å². The summed E-state index contributed by atoms with van der Waals surface area (Å²) in [6.07, 6.45) is 7.84. The van der Waals surface area contributed by atoms with Crippen molar-refractivity contribution in [2.24, 2.45) is 0 Å². The summed E-state index contributed by atoms with van der Waals surface area (Å²) in [6.45, 7) is 18.1. The van der Waals surface area contributed by atoms with E-state index in [1.165, 1.54) is 66.6 Å². The molecule has 0 aromatic carbocycles. The predicted molar refractivity (Wildman–Crippen MR) is 173 cm³/mol. The molecule has 4 nitrogen and oxygen atoms in total. The quantitative estimate of drug-likeness (QED) is 0.256. The first-order chi connectivity index (χ1) is 19.5. The Kier molecular flexibility index (Phi) is 9.80. The van der Waals surface area contributed by atoms with Crippen molar-refractivity contribution in [3.8, 4) is 0 Å². The number of allylic oxidation sites excluding steroid dienone is 4. The van der Waals surface area contributed by atoms with Crippen LogP contribution in [0.5, 0.6) is 0 Å². The van der Waals surface area contributed by atoms with Gasteiger partial charge in [0.05, 0.1) is 22.8 Å². The number of hydrogen-bond donors (Lipinski definition) is 2. The summed E-state index contributed by atoms with van der Waals surface area (Å²) in [5, 5.41) is 0. The molecule has 0 amide bonds. The average molecular weight is 593 g/mol. The maximum atomic E-state index is 5.28. The fourth-order valence-corrected chi connectivity index (χ4v) is 7.10. The van der Waals surface area contributed by atoms with E-state index in [1.54, 1.807) is 0 Å². The Morgan fingerprint density at radius 2 is 0.659 bits per heavy atom. The fraction of sp³-hybridized carbons (Fsp3) is 0.444. The molecule has 3 aromatic heterocycles. The molecule has 8 bridgehead atoms. The third kappa shape index (κ3) is 5.27. The van der Waals surface area contributed by atoms with Crippen LogP contribution in [0.3, 0.4) is 0 Å². The third-order valence-corrected chi connectivity index (χ3v) is 8.97. The molecule has 0 aliphatic carbocycles. The van der Waals surface area contributed by atoms with Crippen LogP contribution in [0.25, 0.3) is 44.4 Å². The summed E-state index contributed by atoms with van der Waals surface area (Å²) in [6, 6.07) is 9.24. The monoisotopic (exact) mass is 592 g/mol. The molecule has 0 fully saturated rings. The molecule has 0 unspecified atom stereocenters. The molecule has 3 aromatic rings. The predicted octanol–water partition coefficient (Wildman–Crippen LogP) is 10.0. The van der Waals surface area contributed by atoms with E-state index in [0.717, 1.165) is 74.1 Å². The van der Waals surface area contributed by atoms with Gasteiger partial charge in [0.25, 0.3) is 0 Å². The Hall–Kier alpha value is -2.91. The van der Waals surface area contributed by atoms with Crippen molar-refractivity contribution in [1.29, 1.82) is 0 Å². The first-order valence-corrected chi connectivity index (χ1v) is 15.7. The number of rotatable bonds is 8. The Labute approximate surface area is 256 Å². The number of nitrogens with zero attached hydrogens (tertiary/aromatic N) is 2. The van der Waals surface area contributed by atoms with Crippen LogP contribution in [-0.4, -0.2) is 19.9 Å². The van der Waals surface area contributed by atoms with Crippen LogP contribution < -0.4 is 0 Å². The van der Waals surface area contributed by atoms with Crippen molar-refractivity contribution in [3.05, 3.63) is 69.3 Å². The SMILES string of the molecule is CCC1=C(CC)c2cc3[nH]c(cc4[nH]c(cc5nc(cc1n2)C(CC)=C5CC)c(CC)c4CC)c(CC)c3CC.[Ni+2]. The van der Waals surface area contributed by atoms with Gasteiger partial charge in [-0.25, -0.2) is 9.97 Å². The maximum absolute atomic E-state index is 5.28. The molecular formula is C36H46N4Ni+2. The van der Waals surface area contributed by atoms with Gasteiger partial charge in [0.15, 0.2) is 0 Å². The van der Waals surface area contributed by atoms with Gasteiger partial charge in [-0.2, -0.15) is 0 Å². The van der Waals surface area contributed by atoms with E-state index in [4.69, 9.17) is 9.97 Å². The number of aromatic amines is 2. The molecule has 0 atom stereocenters. The number of H-pyrrole nitrogens is 2. The molecule has 0 saturated carbocycles. The van der Waals surface area contributed by atoms with E-state index in [-0.39, 0.29) is 16.5 Å².